The summed E-state index contributed by atoms with van der Waals surface area (Å²) in [5.74, 6) is 0.686. The number of nitrogens with zero attached hydrogens (tertiary/aromatic N) is 2. The molecule has 2 bridgehead atoms. The van der Waals surface area contributed by atoms with Crippen molar-refractivity contribution in [3.8, 4) is 0 Å². The third kappa shape index (κ3) is 2.80. The van der Waals surface area contributed by atoms with Crippen LogP contribution in [0.5, 0.6) is 0 Å². The third-order valence-electron chi connectivity index (χ3n) is 5.01. The van der Waals surface area contributed by atoms with E-state index in [0.29, 0.717) is 12.5 Å². The Morgan fingerprint density at radius 3 is 2.67 bits per heavy atom. The van der Waals surface area contributed by atoms with E-state index in [2.05, 4.69) is 0 Å². The monoisotopic (exact) mass is 320 g/mol. The first kappa shape index (κ1) is 14.9. The Bertz CT molecular complexity index is 838. The summed E-state index contributed by atoms with van der Waals surface area (Å²) in [4.78, 5) is 26.5. The van der Waals surface area contributed by atoms with Crippen LogP contribution in [0.1, 0.15) is 23.6 Å². The molecule has 0 unspecified atom stereocenters. The Kier molecular flexibility index (Phi) is 3.81. The average molecular weight is 320 g/mol. The van der Waals surface area contributed by atoms with Crippen molar-refractivity contribution >= 4 is 12.0 Å². The molecule has 1 amide bonds. The summed E-state index contributed by atoms with van der Waals surface area (Å²) in [5, 5.41) is 0. The summed E-state index contributed by atoms with van der Waals surface area (Å²) in [6, 6.07) is 15.3. The van der Waals surface area contributed by atoms with Gasteiger partial charge in [0.25, 0.3) is 5.56 Å². The van der Waals surface area contributed by atoms with E-state index in [-0.39, 0.29) is 17.4 Å². The second-order valence-corrected chi connectivity index (χ2v) is 6.69. The number of piperidine rings is 1. The molecule has 2 aliphatic heterocycles. The van der Waals surface area contributed by atoms with Crippen LogP contribution in [0.4, 0.5) is 0 Å². The first-order valence-electron chi connectivity index (χ1n) is 8.42. The standard InChI is InChI=1S/C20H20N2O2/c23-19(10-9-15-5-2-1-3-6-15)21-12-16-11-17(14-21)18-7-4-8-20(24)22(18)13-16/h1-10,16-17H,11-14H2/b10-9+/t16-,17+/m1/s1. The van der Waals surface area contributed by atoms with E-state index in [1.54, 1.807) is 12.1 Å². The number of rotatable bonds is 2. The zero-order valence-electron chi connectivity index (χ0n) is 13.5. The topological polar surface area (TPSA) is 42.3 Å². The lowest BCUT2D eigenvalue weighted by atomic mass is 9.83. The van der Waals surface area contributed by atoms with Crippen molar-refractivity contribution in [3.63, 3.8) is 0 Å². The minimum absolute atomic E-state index is 0.0558. The number of carbonyl (C=O) groups excluding carboxylic acids is 1. The van der Waals surface area contributed by atoms with Crippen LogP contribution in [0.15, 0.2) is 59.4 Å². The summed E-state index contributed by atoms with van der Waals surface area (Å²) < 4.78 is 1.89. The van der Waals surface area contributed by atoms with Crippen LogP contribution in [0, 0.1) is 5.92 Å². The van der Waals surface area contributed by atoms with Gasteiger partial charge in [-0.15, -0.1) is 0 Å². The van der Waals surface area contributed by atoms with E-state index >= 15 is 0 Å². The van der Waals surface area contributed by atoms with Crippen LogP contribution < -0.4 is 5.56 Å². The van der Waals surface area contributed by atoms with Gasteiger partial charge in [-0.3, -0.25) is 9.59 Å². The first-order chi connectivity index (χ1) is 11.7. The Morgan fingerprint density at radius 1 is 1.00 bits per heavy atom. The zero-order chi connectivity index (χ0) is 16.5. The molecule has 0 saturated carbocycles. The van der Waals surface area contributed by atoms with Crippen LogP contribution in [0.2, 0.25) is 0 Å². The van der Waals surface area contributed by atoms with Gasteiger partial charge in [0.2, 0.25) is 5.91 Å². The van der Waals surface area contributed by atoms with Crippen LogP contribution in [-0.2, 0) is 11.3 Å². The second-order valence-electron chi connectivity index (χ2n) is 6.69. The van der Waals surface area contributed by atoms with E-state index in [1.165, 1.54) is 0 Å². The number of hydrogen-bond donors (Lipinski definition) is 0. The first-order valence-corrected chi connectivity index (χ1v) is 8.42. The van der Waals surface area contributed by atoms with Crippen molar-refractivity contribution in [2.75, 3.05) is 13.1 Å². The molecule has 2 aromatic rings. The number of likely N-dealkylation sites (tertiary alicyclic amines) is 1. The number of aromatic nitrogens is 1. The zero-order valence-corrected chi connectivity index (χ0v) is 13.5. The van der Waals surface area contributed by atoms with Crippen LogP contribution in [0.3, 0.4) is 0 Å². The lowest BCUT2D eigenvalue weighted by Gasteiger charge is -2.42. The van der Waals surface area contributed by atoms with E-state index in [9.17, 15) is 9.59 Å². The van der Waals surface area contributed by atoms with Gasteiger partial charge in [-0.25, -0.2) is 0 Å². The fourth-order valence-corrected chi connectivity index (χ4v) is 3.91. The van der Waals surface area contributed by atoms with Crippen molar-refractivity contribution in [1.82, 2.24) is 9.47 Å². The van der Waals surface area contributed by atoms with Gasteiger partial charge in [0.05, 0.1) is 0 Å². The van der Waals surface area contributed by atoms with Crippen molar-refractivity contribution in [2.45, 2.75) is 18.9 Å². The minimum atomic E-state index is 0.0558. The lowest BCUT2D eigenvalue weighted by Crippen LogP contribution is -2.48. The van der Waals surface area contributed by atoms with E-state index in [4.69, 9.17) is 0 Å². The molecule has 0 radical (unpaired) electrons. The highest BCUT2D eigenvalue weighted by atomic mass is 16.2. The van der Waals surface area contributed by atoms with Gasteiger partial charge in [0.15, 0.2) is 0 Å². The fraction of sp³-hybridized carbons (Fsp3) is 0.300. The highest BCUT2D eigenvalue weighted by Crippen LogP contribution is 2.34. The maximum atomic E-state index is 12.6. The smallest absolute Gasteiger partial charge is 0.250 e. The molecule has 2 aliphatic rings. The van der Waals surface area contributed by atoms with Crippen LogP contribution in [0.25, 0.3) is 6.08 Å². The number of benzene rings is 1. The maximum Gasteiger partial charge on any atom is 0.250 e. The molecule has 1 fully saturated rings. The Hall–Kier alpha value is -2.62. The Labute approximate surface area is 141 Å². The third-order valence-corrected chi connectivity index (χ3v) is 5.01. The molecule has 0 aliphatic carbocycles. The molecule has 3 heterocycles. The fourth-order valence-electron chi connectivity index (χ4n) is 3.91. The van der Waals surface area contributed by atoms with Crippen LogP contribution in [-0.4, -0.2) is 28.5 Å². The largest absolute Gasteiger partial charge is 0.338 e. The highest BCUT2D eigenvalue weighted by molar-refractivity contribution is 5.91. The lowest BCUT2D eigenvalue weighted by molar-refractivity contribution is -0.128. The molecular weight excluding hydrogens is 300 g/mol. The maximum absolute atomic E-state index is 12.6. The van der Waals surface area contributed by atoms with Gasteiger partial charge in [0.1, 0.15) is 0 Å². The molecule has 122 valence electrons. The van der Waals surface area contributed by atoms with Gasteiger partial charge in [-0.05, 0) is 30.0 Å². The number of fused-ring (bicyclic) bond motifs is 4. The number of hydrogen-bond acceptors (Lipinski definition) is 2. The van der Waals surface area contributed by atoms with E-state index < -0.39 is 0 Å². The second kappa shape index (κ2) is 6.11. The molecule has 4 heteroatoms. The molecule has 2 atom stereocenters. The van der Waals surface area contributed by atoms with Gasteiger partial charge < -0.3 is 9.47 Å². The summed E-state index contributed by atoms with van der Waals surface area (Å²) in [5.41, 5.74) is 2.18. The SMILES string of the molecule is O=C(/C=C/c1ccccc1)N1C[C@H]2C[C@@H](C1)c1cccc(=O)n1C2. The molecule has 1 aromatic carbocycles. The summed E-state index contributed by atoms with van der Waals surface area (Å²) in [7, 11) is 0. The molecule has 1 aromatic heterocycles. The van der Waals surface area contributed by atoms with Gasteiger partial charge >= 0.3 is 0 Å². The average Bonchev–Trinajstić information content (AvgIpc) is 2.61. The predicted octanol–water partition coefficient (Wildman–Crippen LogP) is 2.51. The number of amides is 1. The number of carbonyl (C=O) groups is 1. The van der Waals surface area contributed by atoms with E-state index in [0.717, 1.165) is 30.8 Å². The highest BCUT2D eigenvalue weighted by Gasteiger charge is 2.35. The van der Waals surface area contributed by atoms with E-state index in [1.807, 2.05) is 58.0 Å². The minimum Gasteiger partial charge on any atom is -0.338 e. The predicted molar refractivity (Wildman–Crippen MR) is 93.6 cm³/mol. The Morgan fingerprint density at radius 2 is 1.83 bits per heavy atom. The molecule has 0 N–H and O–H groups in total. The van der Waals surface area contributed by atoms with Gasteiger partial charge in [-0.1, -0.05) is 36.4 Å². The molecule has 24 heavy (non-hydrogen) atoms. The normalized spacial score (nSPS) is 22.4. The Balaban J connectivity index is 1.53. The molecule has 0 spiro atoms. The quantitative estimate of drug-likeness (QED) is 0.798. The molecule has 4 nitrogen and oxygen atoms in total. The molecule has 1 saturated heterocycles. The molecule has 4 rings (SSSR count). The van der Waals surface area contributed by atoms with Gasteiger partial charge in [-0.2, -0.15) is 0 Å². The summed E-state index contributed by atoms with van der Waals surface area (Å²) in [6.45, 7) is 2.14. The van der Waals surface area contributed by atoms with Gasteiger partial charge in [0, 0.05) is 43.4 Å². The van der Waals surface area contributed by atoms with Crippen LogP contribution >= 0.6 is 0 Å². The summed E-state index contributed by atoms with van der Waals surface area (Å²) >= 11 is 0. The number of pyridine rings is 1. The van der Waals surface area contributed by atoms with Crippen molar-refractivity contribution in [2.24, 2.45) is 5.92 Å². The van der Waals surface area contributed by atoms with Crippen molar-refractivity contribution in [3.05, 3.63) is 76.2 Å². The van der Waals surface area contributed by atoms with Crippen molar-refractivity contribution in [1.29, 1.82) is 0 Å². The van der Waals surface area contributed by atoms with Crippen molar-refractivity contribution < 1.29 is 4.79 Å². The molecular formula is C20H20N2O2. The summed E-state index contributed by atoms with van der Waals surface area (Å²) in [6.07, 6.45) is 4.59.